The fourth-order valence-corrected chi connectivity index (χ4v) is 4.90. The summed E-state index contributed by atoms with van der Waals surface area (Å²) in [6.07, 6.45) is 6.40. The van der Waals surface area contributed by atoms with Crippen molar-refractivity contribution in [1.29, 1.82) is 0 Å². The summed E-state index contributed by atoms with van der Waals surface area (Å²) >= 11 is 1.50. The minimum absolute atomic E-state index is 0. The number of nitrogens with one attached hydrogen (secondary N) is 1. The lowest BCUT2D eigenvalue weighted by Crippen LogP contribution is -2.48. The summed E-state index contributed by atoms with van der Waals surface area (Å²) in [4.78, 5) is 12.5. The number of nitrogens with two attached hydrogens (primary N) is 1. The van der Waals surface area contributed by atoms with Crippen molar-refractivity contribution in [2.75, 3.05) is 5.32 Å². The Bertz CT molecular complexity index is 522. The third-order valence-electron chi connectivity index (χ3n) is 5.06. The highest BCUT2D eigenvalue weighted by atomic mass is 35.5. The van der Waals surface area contributed by atoms with Crippen molar-refractivity contribution in [1.82, 2.24) is 10.2 Å². The SMILES string of the molecule is CC(C)Cc1nnc(NC(=O)C2CC3CCCC(C2)C3N)s1.Cl. The number of hydrogen-bond donors (Lipinski definition) is 2. The van der Waals surface area contributed by atoms with Crippen LogP contribution in [-0.4, -0.2) is 22.1 Å². The lowest BCUT2D eigenvalue weighted by atomic mass is 9.65. The van der Waals surface area contributed by atoms with Gasteiger partial charge in [-0.15, -0.1) is 22.6 Å². The molecule has 0 aromatic carbocycles. The van der Waals surface area contributed by atoms with E-state index in [-0.39, 0.29) is 24.2 Å². The van der Waals surface area contributed by atoms with Gasteiger partial charge in [0.25, 0.3) is 0 Å². The van der Waals surface area contributed by atoms with Crippen LogP contribution >= 0.6 is 23.7 Å². The quantitative estimate of drug-likeness (QED) is 0.865. The third kappa shape index (κ3) is 4.43. The van der Waals surface area contributed by atoms with Gasteiger partial charge in [-0.1, -0.05) is 31.6 Å². The summed E-state index contributed by atoms with van der Waals surface area (Å²) in [5.74, 6) is 1.79. The Balaban J connectivity index is 0.00000192. The van der Waals surface area contributed by atoms with E-state index in [1.54, 1.807) is 0 Å². The fraction of sp³-hybridized carbons (Fsp3) is 0.812. The van der Waals surface area contributed by atoms with E-state index in [1.807, 2.05) is 0 Å². The van der Waals surface area contributed by atoms with Crippen molar-refractivity contribution in [3.05, 3.63) is 5.01 Å². The molecule has 5 nitrogen and oxygen atoms in total. The van der Waals surface area contributed by atoms with Crippen LogP contribution in [0, 0.1) is 23.7 Å². The lowest BCUT2D eigenvalue weighted by molar-refractivity contribution is -0.122. The smallest absolute Gasteiger partial charge is 0.229 e. The zero-order valence-corrected chi connectivity index (χ0v) is 15.5. The van der Waals surface area contributed by atoms with E-state index >= 15 is 0 Å². The van der Waals surface area contributed by atoms with Gasteiger partial charge in [-0.25, -0.2) is 0 Å². The van der Waals surface area contributed by atoms with Crippen molar-refractivity contribution in [2.24, 2.45) is 29.4 Å². The molecule has 2 bridgehead atoms. The summed E-state index contributed by atoms with van der Waals surface area (Å²) in [7, 11) is 0. The first-order valence-electron chi connectivity index (χ1n) is 8.41. The van der Waals surface area contributed by atoms with E-state index in [0.29, 0.717) is 28.9 Å². The summed E-state index contributed by atoms with van der Waals surface area (Å²) in [5, 5.41) is 12.9. The number of anilines is 1. The molecule has 0 aliphatic heterocycles. The second-order valence-corrected chi connectivity index (χ2v) is 8.35. The molecule has 2 fully saturated rings. The third-order valence-corrected chi connectivity index (χ3v) is 5.92. The molecule has 3 rings (SSSR count). The molecule has 0 saturated heterocycles. The molecular formula is C16H27ClN4OS. The van der Waals surface area contributed by atoms with Crippen LogP contribution in [-0.2, 0) is 11.2 Å². The highest BCUT2D eigenvalue weighted by Gasteiger charge is 2.40. The van der Waals surface area contributed by atoms with E-state index in [4.69, 9.17) is 5.73 Å². The van der Waals surface area contributed by atoms with E-state index in [1.165, 1.54) is 30.6 Å². The van der Waals surface area contributed by atoms with Gasteiger partial charge in [-0.05, 0) is 43.4 Å². The summed E-state index contributed by atoms with van der Waals surface area (Å²) in [5.41, 5.74) is 6.30. The summed E-state index contributed by atoms with van der Waals surface area (Å²) in [6, 6.07) is 0.303. The number of rotatable bonds is 4. The monoisotopic (exact) mass is 358 g/mol. The molecule has 2 unspecified atom stereocenters. The van der Waals surface area contributed by atoms with Gasteiger partial charge in [0.05, 0.1) is 0 Å². The van der Waals surface area contributed by atoms with E-state index in [0.717, 1.165) is 24.3 Å². The van der Waals surface area contributed by atoms with E-state index in [2.05, 4.69) is 29.4 Å². The molecule has 1 amide bonds. The van der Waals surface area contributed by atoms with Gasteiger partial charge >= 0.3 is 0 Å². The number of carbonyl (C=O) groups is 1. The minimum atomic E-state index is 0. The highest BCUT2D eigenvalue weighted by Crippen LogP contribution is 2.42. The Kier molecular flexibility index (Phi) is 6.40. The van der Waals surface area contributed by atoms with Gasteiger partial charge in [-0.2, -0.15) is 0 Å². The number of nitrogens with zero attached hydrogens (tertiary/aromatic N) is 2. The largest absolute Gasteiger partial charge is 0.327 e. The van der Waals surface area contributed by atoms with Crippen LogP contribution in [0.4, 0.5) is 5.13 Å². The van der Waals surface area contributed by atoms with Crippen molar-refractivity contribution >= 4 is 34.8 Å². The van der Waals surface area contributed by atoms with Crippen molar-refractivity contribution in [3.8, 4) is 0 Å². The first-order chi connectivity index (χ1) is 10.5. The molecule has 0 radical (unpaired) electrons. The Morgan fingerprint density at radius 3 is 2.57 bits per heavy atom. The summed E-state index contributed by atoms with van der Waals surface area (Å²) in [6.45, 7) is 4.31. The molecular weight excluding hydrogens is 332 g/mol. The zero-order chi connectivity index (χ0) is 15.7. The number of halogens is 1. The first kappa shape index (κ1) is 18.6. The van der Waals surface area contributed by atoms with Gasteiger partial charge in [0.15, 0.2) is 0 Å². The number of hydrogen-bond acceptors (Lipinski definition) is 5. The van der Waals surface area contributed by atoms with Crippen LogP contribution in [0.3, 0.4) is 0 Å². The van der Waals surface area contributed by atoms with Crippen LogP contribution in [0.15, 0.2) is 0 Å². The Labute approximate surface area is 148 Å². The van der Waals surface area contributed by atoms with Crippen molar-refractivity contribution in [2.45, 2.75) is 58.4 Å². The first-order valence-corrected chi connectivity index (χ1v) is 9.23. The van der Waals surface area contributed by atoms with Crippen LogP contribution in [0.1, 0.15) is 51.0 Å². The molecule has 130 valence electrons. The standard InChI is InChI=1S/C16H26N4OS.ClH/c1-9(2)6-13-19-20-16(22-13)18-15(21)12-7-10-4-3-5-11(8-12)14(10)17;/h9-12,14H,3-8,17H2,1-2H3,(H,18,20,21);1H. The molecule has 2 aliphatic carbocycles. The van der Waals surface area contributed by atoms with Gasteiger partial charge in [0.2, 0.25) is 11.0 Å². The maximum absolute atomic E-state index is 12.5. The maximum atomic E-state index is 12.5. The topological polar surface area (TPSA) is 80.9 Å². The molecule has 2 saturated carbocycles. The van der Waals surface area contributed by atoms with Crippen LogP contribution in [0.25, 0.3) is 0 Å². The van der Waals surface area contributed by atoms with Gasteiger partial charge in [0.1, 0.15) is 5.01 Å². The minimum Gasteiger partial charge on any atom is -0.327 e. The van der Waals surface area contributed by atoms with Crippen LogP contribution in [0.2, 0.25) is 0 Å². The summed E-state index contributed by atoms with van der Waals surface area (Å²) < 4.78 is 0. The number of amides is 1. The predicted molar refractivity (Wildman–Crippen MR) is 95.9 cm³/mol. The Morgan fingerprint density at radius 2 is 1.96 bits per heavy atom. The maximum Gasteiger partial charge on any atom is 0.229 e. The second kappa shape index (κ2) is 7.90. The number of fused-ring (bicyclic) bond motifs is 2. The van der Waals surface area contributed by atoms with E-state index < -0.39 is 0 Å². The predicted octanol–water partition coefficient (Wildman–Crippen LogP) is 3.25. The normalized spacial score (nSPS) is 29.9. The molecule has 23 heavy (non-hydrogen) atoms. The van der Waals surface area contributed by atoms with Crippen molar-refractivity contribution < 1.29 is 4.79 Å². The molecule has 7 heteroatoms. The molecule has 2 atom stereocenters. The zero-order valence-electron chi connectivity index (χ0n) is 13.8. The average Bonchev–Trinajstić information content (AvgIpc) is 2.84. The van der Waals surface area contributed by atoms with Crippen LogP contribution < -0.4 is 11.1 Å². The molecule has 1 aromatic rings. The van der Waals surface area contributed by atoms with Crippen LogP contribution in [0.5, 0.6) is 0 Å². The van der Waals surface area contributed by atoms with Crippen molar-refractivity contribution in [3.63, 3.8) is 0 Å². The fourth-order valence-electron chi connectivity index (χ4n) is 3.95. The highest BCUT2D eigenvalue weighted by molar-refractivity contribution is 7.15. The molecule has 1 heterocycles. The Hall–Kier alpha value is -0.720. The molecule has 0 spiro atoms. The molecule has 1 aromatic heterocycles. The number of carbonyl (C=O) groups excluding carboxylic acids is 1. The average molecular weight is 359 g/mol. The molecule has 2 aliphatic rings. The number of aromatic nitrogens is 2. The Morgan fingerprint density at radius 1 is 1.30 bits per heavy atom. The van der Waals surface area contributed by atoms with Gasteiger partial charge in [-0.3, -0.25) is 4.79 Å². The van der Waals surface area contributed by atoms with E-state index in [9.17, 15) is 4.79 Å². The molecule has 3 N–H and O–H groups in total. The van der Waals surface area contributed by atoms with Gasteiger partial charge in [0, 0.05) is 18.4 Å². The lowest BCUT2D eigenvalue weighted by Gasteiger charge is -2.43. The van der Waals surface area contributed by atoms with Gasteiger partial charge < -0.3 is 11.1 Å². The second-order valence-electron chi connectivity index (χ2n) is 7.28.